The van der Waals surface area contributed by atoms with Crippen LogP contribution in [0.25, 0.3) is 0 Å². The van der Waals surface area contributed by atoms with Crippen LogP contribution in [0.1, 0.15) is 22.3 Å². The molecular weight excluding hydrogens is 332 g/mol. The van der Waals surface area contributed by atoms with Gasteiger partial charge in [-0.2, -0.15) is 0 Å². The molecule has 0 spiro atoms. The SMILES string of the molecule is CSc1ccccc1C(=O)NCC1CC(=O)N(c2ccc(C)cc2)C1. The Labute approximate surface area is 152 Å². The van der Waals surface area contributed by atoms with Gasteiger partial charge in [0.15, 0.2) is 0 Å². The maximum Gasteiger partial charge on any atom is 0.252 e. The van der Waals surface area contributed by atoms with E-state index < -0.39 is 0 Å². The number of benzene rings is 2. The first-order chi connectivity index (χ1) is 12.1. The largest absolute Gasteiger partial charge is 0.352 e. The fourth-order valence-corrected chi connectivity index (χ4v) is 3.65. The highest BCUT2D eigenvalue weighted by Crippen LogP contribution is 2.25. The molecule has 1 N–H and O–H groups in total. The van der Waals surface area contributed by atoms with Crippen LogP contribution in [0.3, 0.4) is 0 Å². The summed E-state index contributed by atoms with van der Waals surface area (Å²) in [5.41, 5.74) is 2.79. The van der Waals surface area contributed by atoms with Crippen LogP contribution in [0.2, 0.25) is 0 Å². The van der Waals surface area contributed by atoms with Crippen LogP contribution in [-0.2, 0) is 4.79 Å². The van der Waals surface area contributed by atoms with Gasteiger partial charge in [0.1, 0.15) is 0 Å². The number of anilines is 1. The quantitative estimate of drug-likeness (QED) is 0.836. The molecule has 2 aromatic rings. The normalized spacial score (nSPS) is 17.0. The third-order valence-electron chi connectivity index (χ3n) is 4.45. The lowest BCUT2D eigenvalue weighted by molar-refractivity contribution is -0.117. The number of nitrogens with one attached hydrogen (secondary N) is 1. The van der Waals surface area contributed by atoms with Gasteiger partial charge < -0.3 is 10.2 Å². The third kappa shape index (κ3) is 4.04. The highest BCUT2D eigenvalue weighted by Gasteiger charge is 2.30. The fraction of sp³-hybridized carbons (Fsp3) is 0.300. The lowest BCUT2D eigenvalue weighted by Gasteiger charge is -2.17. The molecule has 0 aromatic heterocycles. The predicted octanol–water partition coefficient (Wildman–Crippen LogP) is 3.50. The summed E-state index contributed by atoms with van der Waals surface area (Å²) in [7, 11) is 0. The molecule has 1 saturated heterocycles. The molecule has 2 amide bonds. The van der Waals surface area contributed by atoms with E-state index in [1.54, 1.807) is 11.8 Å². The molecule has 1 atom stereocenters. The monoisotopic (exact) mass is 354 g/mol. The van der Waals surface area contributed by atoms with E-state index in [2.05, 4.69) is 5.32 Å². The van der Waals surface area contributed by atoms with E-state index in [0.717, 1.165) is 10.6 Å². The lowest BCUT2D eigenvalue weighted by Crippen LogP contribution is -2.31. The first kappa shape index (κ1) is 17.5. The molecule has 1 unspecified atom stereocenters. The zero-order valence-electron chi connectivity index (χ0n) is 14.5. The molecule has 5 heteroatoms. The number of carbonyl (C=O) groups excluding carboxylic acids is 2. The van der Waals surface area contributed by atoms with Crippen molar-refractivity contribution in [2.24, 2.45) is 5.92 Å². The molecule has 3 rings (SSSR count). The van der Waals surface area contributed by atoms with E-state index in [1.807, 2.05) is 66.6 Å². The van der Waals surface area contributed by atoms with Crippen LogP contribution >= 0.6 is 11.8 Å². The van der Waals surface area contributed by atoms with E-state index in [0.29, 0.717) is 25.1 Å². The average Bonchev–Trinajstić information content (AvgIpc) is 3.01. The molecule has 130 valence electrons. The second kappa shape index (κ2) is 7.74. The zero-order valence-corrected chi connectivity index (χ0v) is 15.3. The van der Waals surface area contributed by atoms with Gasteiger partial charge in [-0.1, -0.05) is 29.8 Å². The standard InChI is InChI=1S/C20H22N2O2S/c1-14-7-9-16(10-8-14)22-13-15(11-19(22)23)12-21-20(24)17-5-3-4-6-18(17)25-2/h3-10,15H,11-13H2,1-2H3,(H,21,24). The number of thioether (sulfide) groups is 1. The minimum Gasteiger partial charge on any atom is -0.352 e. The summed E-state index contributed by atoms with van der Waals surface area (Å²) in [6, 6.07) is 15.5. The molecule has 4 nitrogen and oxygen atoms in total. The van der Waals surface area contributed by atoms with Crippen LogP contribution < -0.4 is 10.2 Å². The van der Waals surface area contributed by atoms with Crippen LogP contribution in [0.15, 0.2) is 53.4 Å². The fourth-order valence-electron chi connectivity index (χ4n) is 3.06. The highest BCUT2D eigenvalue weighted by molar-refractivity contribution is 7.98. The third-order valence-corrected chi connectivity index (χ3v) is 5.25. The lowest BCUT2D eigenvalue weighted by atomic mass is 10.1. The van der Waals surface area contributed by atoms with Gasteiger partial charge in [-0.15, -0.1) is 11.8 Å². The van der Waals surface area contributed by atoms with Crippen LogP contribution in [-0.4, -0.2) is 31.2 Å². The molecule has 1 aliphatic heterocycles. The van der Waals surface area contributed by atoms with E-state index in [4.69, 9.17) is 0 Å². The molecule has 25 heavy (non-hydrogen) atoms. The molecule has 0 radical (unpaired) electrons. The Kier molecular flexibility index (Phi) is 5.43. The van der Waals surface area contributed by atoms with Crippen molar-refractivity contribution in [3.8, 4) is 0 Å². The van der Waals surface area contributed by atoms with E-state index in [9.17, 15) is 9.59 Å². The number of amides is 2. The van der Waals surface area contributed by atoms with E-state index >= 15 is 0 Å². The Balaban J connectivity index is 1.60. The number of rotatable bonds is 5. The van der Waals surface area contributed by atoms with Gasteiger partial charge in [0.05, 0.1) is 5.56 Å². The van der Waals surface area contributed by atoms with Gasteiger partial charge in [0.2, 0.25) is 5.91 Å². The van der Waals surface area contributed by atoms with Crippen molar-refractivity contribution in [2.45, 2.75) is 18.2 Å². The Morgan fingerprint density at radius 1 is 1.20 bits per heavy atom. The van der Waals surface area contributed by atoms with Gasteiger partial charge in [-0.05, 0) is 37.4 Å². The minimum atomic E-state index is -0.0776. The van der Waals surface area contributed by atoms with Gasteiger partial charge in [0.25, 0.3) is 5.91 Å². The van der Waals surface area contributed by atoms with E-state index in [-0.39, 0.29) is 17.7 Å². The second-order valence-electron chi connectivity index (χ2n) is 6.32. The summed E-state index contributed by atoms with van der Waals surface area (Å²) in [5.74, 6) is 0.179. The van der Waals surface area contributed by atoms with Crippen molar-refractivity contribution < 1.29 is 9.59 Å². The number of hydrogen-bond donors (Lipinski definition) is 1. The van der Waals surface area contributed by atoms with Crippen molar-refractivity contribution >= 4 is 29.3 Å². The summed E-state index contributed by atoms with van der Waals surface area (Å²) in [6.07, 6.45) is 2.43. The summed E-state index contributed by atoms with van der Waals surface area (Å²) in [4.78, 5) is 27.5. The molecule has 1 heterocycles. The van der Waals surface area contributed by atoms with Gasteiger partial charge in [-0.25, -0.2) is 0 Å². The van der Waals surface area contributed by atoms with Gasteiger partial charge in [-0.3, -0.25) is 9.59 Å². The average molecular weight is 354 g/mol. The Morgan fingerprint density at radius 2 is 1.92 bits per heavy atom. The molecule has 1 fully saturated rings. The number of carbonyl (C=O) groups is 2. The van der Waals surface area contributed by atoms with Crippen molar-refractivity contribution in [1.82, 2.24) is 5.32 Å². The van der Waals surface area contributed by atoms with Crippen molar-refractivity contribution in [3.05, 3.63) is 59.7 Å². The minimum absolute atomic E-state index is 0.0776. The smallest absolute Gasteiger partial charge is 0.252 e. The molecule has 0 aliphatic carbocycles. The number of hydrogen-bond acceptors (Lipinski definition) is 3. The van der Waals surface area contributed by atoms with Gasteiger partial charge in [0, 0.05) is 36.0 Å². The first-order valence-corrected chi connectivity index (χ1v) is 9.59. The van der Waals surface area contributed by atoms with Crippen molar-refractivity contribution in [1.29, 1.82) is 0 Å². The topological polar surface area (TPSA) is 49.4 Å². The maximum absolute atomic E-state index is 12.4. The number of nitrogens with zero attached hydrogens (tertiary/aromatic N) is 1. The van der Waals surface area contributed by atoms with Crippen LogP contribution in [0.4, 0.5) is 5.69 Å². The predicted molar refractivity (Wildman–Crippen MR) is 102 cm³/mol. The molecule has 1 aliphatic rings. The zero-order chi connectivity index (χ0) is 17.8. The Morgan fingerprint density at radius 3 is 2.64 bits per heavy atom. The van der Waals surface area contributed by atoms with Gasteiger partial charge >= 0.3 is 0 Å². The van der Waals surface area contributed by atoms with Crippen LogP contribution in [0, 0.1) is 12.8 Å². The summed E-state index contributed by atoms with van der Waals surface area (Å²) in [6.45, 7) is 3.18. The van der Waals surface area contributed by atoms with E-state index in [1.165, 1.54) is 5.56 Å². The summed E-state index contributed by atoms with van der Waals surface area (Å²) < 4.78 is 0. The Hall–Kier alpha value is -2.27. The van der Waals surface area contributed by atoms with Crippen LogP contribution in [0.5, 0.6) is 0 Å². The molecule has 0 bridgehead atoms. The maximum atomic E-state index is 12.4. The molecule has 2 aromatic carbocycles. The highest BCUT2D eigenvalue weighted by atomic mass is 32.2. The molecular formula is C20H22N2O2S. The summed E-state index contributed by atoms with van der Waals surface area (Å²) >= 11 is 1.56. The Bertz CT molecular complexity index is 774. The first-order valence-electron chi connectivity index (χ1n) is 8.36. The second-order valence-corrected chi connectivity index (χ2v) is 7.17. The van der Waals surface area contributed by atoms with Crippen molar-refractivity contribution in [2.75, 3.05) is 24.2 Å². The summed E-state index contributed by atoms with van der Waals surface area (Å²) in [5, 5.41) is 2.99. The molecule has 0 saturated carbocycles. The van der Waals surface area contributed by atoms with Crippen molar-refractivity contribution in [3.63, 3.8) is 0 Å². The number of aryl methyl sites for hydroxylation is 1.